The van der Waals surface area contributed by atoms with Gasteiger partial charge in [-0.2, -0.15) is 5.10 Å². The van der Waals surface area contributed by atoms with Crippen molar-refractivity contribution in [3.63, 3.8) is 0 Å². The molecule has 1 N–H and O–H groups in total. The van der Waals surface area contributed by atoms with E-state index in [9.17, 15) is 0 Å². The maximum atomic E-state index is 5.86. The first-order valence-corrected chi connectivity index (χ1v) is 8.10. The summed E-state index contributed by atoms with van der Waals surface area (Å²) in [6, 6.07) is 21.8. The molecule has 0 unspecified atom stereocenters. The third kappa shape index (κ3) is 3.15. The number of benzene rings is 2. The average molecular weight is 327 g/mol. The maximum absolute atomic E-state index is 5.86. The Morgan fingerprint density at radius 3 is 2.16 bits per heavy atom. The number of aryl methyl sites for hydroxylation is 1. The first kappa shape index (κ1) is 15.1. The predicted molar refractivity (Wildman–Crippen MR) is 98.5 cm³/mol. The molecule has 0 atom stereocenters. The summed E-state index contributed by atoms with van der Waals surface area (Å²) in [6.45, 7) is 2.00. The first-order valence-electron chi connectivity index (χ1n) is 8.10. The molecule has 2 aromatic heterocycles. The van der Waals surface area contributed by atoms with Crippen LogP contribution >= 0.6 is 0 Å². The highest BCUT2D eigenvalue weighted by Gasteiger charge is 2.13. The van der Waals surface area contributed by atoms with Crippen LogP contribution in [0, 0.1) is 6.92 Å². The fourth-order valence-electron chi connectivity index (χ4n) is 2.83. The van der Waals surface area contributed by atoms with Crippen molar-refractivity contribution < 1.29 is 4.74 Å². The second-order valence-corrected chi connectivity index (χ2v) is 5.73. The third-order valence-corrected chi connectivity index (χ3v) is 4.04. The summed E-state index contributed by atoms with van der Waals surface area (Å²) in [6.07, 6.45) is 3.59. The molecule has 122 valence electrons. The lowest BCUT2D eigenvalue weighted by atomic mass is 10.0. The van der Waals surface area contributed by atoms with Crippen molar-refractivity contribution in [3.05, 3.63) is 84.8 Å². The molecule has 4 heteroatoms. The highest BCUT2D eigenvalue weighted by Crippen LogP contribution is 2.33. The number of nitrogens with zero attached hydrogens (tertiary/aromatic N) is 2. The van der Waals surface area contributed by atoms with Crippen LogP contribution < -0.4 is 4.74 Å². The van der Waals surface area contributed by atoms with Gasteiger partial charge in [-0.25, -0.2) is 0 Å². The molecule has 4 aromatic rings. The van der Waals surface area contributed by atoms with Gasteiger partial charge in [0.15, 0.2) is 0 Å². The van der Waals surface area contributed by atoms with Gasteiger partial charge in [-0.15, -0.1) is 0 Å². The van der Waals surface area contributed by atoms with E-state index < -0.39 is 0 Å². The number of H-pyrrole nitrogens is 1. The second-order valence-electron chi connectivity index (χ2n) is 5.73. The molecular weight excluding hydrogens is 310 g/mol. The van der Waals surface area contributed by atoms with Gasteiger partial charge >= 0.3 is 0 Å². The summed E-state index contributed by atoms with van der Waals surface area (Å²) < 4.78 is 5.86. The highest BCUT2D eigenvalue weighted by atomic mass is 16.5. The molecule has 0 spiro atoms. The van der Waals surface area contributed by atoms with E-state index in [4.69, 9.17) is 4.74 Å². The van der Waals surface area contributed by atoms with Crippen LogP contribution in [0.5, 0.6) is 11.5 Å². The van der Waals surface area contributed by atoms with Gasteiger partial charge in [-0.05, 0) is 61.0 Å². The van der Waals surface area contributed by atoms with Gasteiger partial charge in [0.05, 0.1) is 11.4 Å². The summed E-state index contributed by atoms with van der Waals surface area (Å²) in [5, 5.41) is 7.53. The first-order chi connectivity index (χ1) is 12.3. The lowest BCUT2D eigenvalue weighted by Gasteiger charge is -2.08. The van der Waals surface area contributed by atoms with E-state index in [2.05, 4.69) is 15.2 Å². The normalized spacial score (nSPS) is 10.6. The Kier molecular flexibility index (Phi) is 4.01. The Morgan fingerprint density at radius 2 is 1.44 bits per heavy atom. The molecule has 4 nitrogen and oxygen atoms in total. The number of para-hydroxylation sites is 1. The second kappa shape index (κ2) is 6.61. The minimum absolute atomic E-state index is 0.802. The van der Waals surface area contributed by atoms with Gasteiger partial charge in [0, 0.05) is 23.5 Å². The SMILES string of the molecule is Cc1n[nH]c(-c2ccc(Oc3ccccc3)cc2)c1-c1ccncc1. The molecule has 0 bridgehead atoms. The number of ether oxygens (including phenoxy) is 1. The van der Waals surface area contributed by atoms with Crippen LogP contribution in [0.4, 0.5) is 0 Å². The number of rotatable bonds is 4. The van der Waals surface area contributed by atoms with E-state index in [-0.39, 0.29) is 0 Å². The predicted octanol–water partition coefficient (Wildman–Crippen LogP) is 5.24. The monoisotopic (exact) mass is 327 g/mol. The molecule has 0 radical (unpaired) electrons. The molecule has 2 aromatic carbocycles. The number of hydrogen-bond donors (Lipinski definition) is 1. The quantitative estimate of drug-likeness (QED) is 0.557. The number of hydrogen-bond acceptors (Lipinski definition) is 3. The van der Waals surface area contributed by atoms with Crippen LogP contribution in [-0.4, -0.2) is 15.2 Å². The summed E-state index contributed by atoms with van der Waals surface area (Å²) in [5.74, 6) is 1.63. The van der Waals surface area contributed by atoms with E-state index >= 15 is 0 Å². The topological polar surface area (TPSA) is 50.8 Å². The smallest absolute Gasteiger partial charge is 0.127 e. The fourth-order valence-corrected chi connectivity index (χ4v) is 2.83. The average Bonchev–Trinajstić information content (AvgIpc) is 3.05. The van der Waals surface area contributed by atoms with Crippen LogP contribution in [0.3, 0.4) is 0 Å². The summed E-state index contributed by atoms with van der Waals surface area (Å²) in [5.41, 5.74) is 5.22. The number of aromatic nitrogens is 3. The van der Waals surface area contributed by atoms with Gasteiger partial charge in [0.25, 0.3) is 0 Å². The molecular formula is C21H17N3O. The molecule has 0 aliphatic rings. The van der Waals surface area contributed by atoms with E-state index in [0.29, 0.717) is 0 Å². The van der Waals surface area contributed by atoms with Gasteiger partial charge in [-0.3, -0.25) is 10.1 Å². The van der Waals surface area contributed by atoms with Crippen LogP contribution in [-0.2, 0) is 0 Å². The van der Waals surface area contributed by atoms with Crippen LogP contribution in [0.1, 0.15) is 5.69 Å². The zero-order chi connectivity index (χ0) is 17.1. The van der Waals surface area contributed by atoms with E-state index in [1.165, 1.54) is 0 Å². The Balaban J connectivity index is 1.65. The van der Waals surface area contributed by atoms with Gasteiger partial charge < -0.3 is 4.74 Å². The van der Waals surface area contributed by atoms with Crippen molar-refractivity contribution >= 4 is 0 Å². The molecule has 4 rings (SSSR count). The molecule has 25 heavy (non-hydrogen) atoms. The Morgan fingerprint density at radius 1 is 0.760 bits per heavy atom. The van der Waals surface area contributed by atoms with Crippen molar-refractivity contribution in [3.8, 4) is 33.9 Å². The maximum Gasteiger partial charge on any atom is 0.127 e. The molecule has 0 fully saturated rings. The van der Waals surface area contributed by atoms with Crippen molar-refractivity contribution in [2.24, 2.45) is 0 Å². The van der Waals surface area contributed by atoms with Crippen LogP contribution in [0.25, 0.3) is 22.4 Å². The number of pyridine rings is 1. The lowest BCUT2D eigenvalue weighted by molar-refractivity contribution is 0.483. The van der Waals surface area contributed by atoms with E-state index in [1.807, 2.05) is 73.7 Å². The van der Waals surface area contributed by atoms with Gasteiger partial charge in [0.2, 0.25) is 0 Å². The molecule has 0 amide bonds. The summed E-state index contributed by atoms with van der Waals surface area (Å²) >= 11 is 0. The van der Waals surface area contributed by atoms with E-state index in [0.717, 1.165) is 39.6 Å². The molecule has 0 aliphatic heterocycles. The largest absolute Gasteiger partial charge is 0.457 e. The van der Waals surface area contributed by atoms with E-state index in [1.54, 1.807) is 12.4 Å². The molecule has 2 heterocycles. The highest BCUT2D eigenvalue weighted by molar-refractivity contribution is 5.82. The Bertz CT molecular complexity index is 961. The molecule has 0 saturated carbocycles. The summed E-state index contributed by atoms with van der Waals surface area (Å²) in [7, 11) is 0. The standard InChI is InChI=1S/C21H17N3O/c1-15-20(16-11-13-22-14-12-16)21(24-23-15)17-7-9-19(10-8-17)25-18-5-3-2-4-6-18/h2-14H,1H3,(H,23,24). The Hall–Kier alpha value is -3.40. The molecule has 0 aliphatic carbocycles. The summed E-state index contributed by atoms with van der Waals surface area (Å²) in [4.78, 5) is 4.09. The Labute approximate surface area is 146 Å². The zero-order valence-electron chi connectivity index (χ0n) is 13.8. The number of nitrogens with one attached hydrogen (secondary N) is 1. The minimum atomic E-state index is 0.802. The lowest BCUT2D eigenvalue weighted by Crippen LogP contribution is -1.86. The van der Waals surface area contributed by atoms with Crippen molar-refractivity contribution in [1.29, 1.82) is 0 Å². The zero-order valence-corrected chi connectivity index (χ0v) is 13.8. The van der Waals surface area contributed by atoms with Gasteiger partial charge in [-0.1, -0.05) is 18.2 Å². The fraction of sp³-hybridized carbons (Fsp3) is 0.0476. The van der Waals surface area contributed by atoms with Crippen LogP contribution in [0.2, 0.25) is 0 Å². The van der Waals surface area contributed by atoms with Crippen molar-refractivity contribution in [2.45, 2.75) is 6.92 Å². The van der Waals surface area contributed by atoms with Gasteiger partial charge in [0.1, 0.15) is 11.5 Å². The minimum Gasteiger partial charge on any atom is -0.457 e. The van der Waals surface area contributed by atoms with Crippen LogP contribution in [0.15, 0.2) is 79.1 Å². The third-order valence-electron chi connectivity index (χ3n) is 4.04. The number of aromatic amines is 1. The van der Waals surface area contributed by atoms with Crippen molar-refractivity contribution in [1.82, 2.24) is 15.2 Å². The molecule has 0 saturated heterocycles. The van der Waals surface area contributed by atoms with Crippen molar-refractivity contribution in [2.75, 3.05) is 0 Å².